The van der Waals surface area contributed by atoms with Crippen molar-refractivity contribution in [3.05, 3.63) is 35.0 Å². The highest BCUT2D eigenvalue weighted by Crippen LogP contribution is 2.33. The van der Waals surface area contributed by atoms with Crippen LogP contribution in [-0.4, -0.2) is 32.7 Å². The molecule has 0 radical (unpaired) electrons. The molecule has 0 aliphatic rings. The minimum atomic E-state index is -1.74. The van der Waals surface area contributed by atoms with Gasteiger partial charge in [0.05, 0.1) is 12.8 Å². The standard InChI is InChI=1S/C18H26BrNO4Si/c1-8-22-17(21)18(3,4)23-16-10-9-14(19)11-15(16)20-12-13(2)24-25(5,6)7/h9-12H,2,8H2,1,3-7H3. The zero-order valence-corrected chi connectivity index (χ0v) is 18.3. The first-order valence-corrected chi connectivity index (χ1v) is 12.2. The van der Waals surface area contributed by atoms with E-state index in [2.05, 4.69) is 47.1 Å². The molecule has 5 nitrogen and oxygen atoms in total. The van der Waals surface area contributed by atoms with E-state index in [0.29, 0.717) is 23.8 Å². The smallest absolute Gasteiger partial charge is 0.349 e. The van der Waals surface area contributed by atoms with E-state index in [0.717, 1.165) is 4.47 Å². The topological polar surface area (TPSA) is 57.1 Å². The number of carbonyl (C=O) groups excluding carboxylic acids is 1. The largest absolute Gasteiger partial charge is 0.544 e. The molecule has 0 unspecified atom stereocenters. The van der Waals surface area contributed by atoms with Gasteiger partial charge in [0.25, 0.3) is 0 Å². The van der Waals surface area contributed by atoms with Crippen molar-refractivity contribution in [1.82, 2.24) is 0 Å². The van der Waals surface area contributed by atoms with Gasteiger partial charge in [-0.15, -0.1) is 0 Å². The Morgan fingerprint density at radius 1 is 1.36 bits per heavy atom. The van der Waals surface area contributed by atoms with Crippen LogP contribution in [-0.2, 0) is 14.0 Å². The van der Waals surface area contributed by atoms with Gasteiger partial charge in [0, 0.05) is 4.47 Å². The molecule has 0 aliphatic heterocycles. The van der Waals surface area contributed by atoms with Gasteiger partial charge in [-0.1, -0.05) is 22.5 Å². The van der Waals surface area contributed by atoms with E-state index in [1.165, 1.54) is 0 Å². The first-order valence-electron chi connectivity index (χ1n) is 8.02. The van der Waals surface area contributed by atoms with Crippen molar-refractivity contribution in [2.75, 3.05) is 6.61 Å². The highest BCUT2D eigenvalue weighted by atomic mass is 79.9. The summed E-state index contributed by atoms with van der Waals surface area (Å²) in [7, 11) is -1.74. The van der Waals surface area contributed by atoms with Crippen molar-refractivity contribution in [2.24, 2.45) is 4.99 Å². The zero-order chi connectivity index (χ0) is 19.3. The first kappa shape index (κ1) is 21.4. The molecule has 0 heterocycles. The van der Waals surface area contributed by atoms with Crippen LogP contribution in [0.2, 0.25) is 19.6 Å². The molecule has 0 fully saturated rings. The number of rotatable bonds is 8. The Morgan fingerprint density at radius 2 is 2.00 bits per heavy atom. The molecule has 0 N–H and O–H groups in total. The minimum Gasteiger partial charge on any atom is -0.544 e. The number of ether oxygens (including phenoxy) is 2. The molecule has 1 rings (SSSR count). The average Bonchev–Trinajstić information content (AvgIpc) is 2.45. The van der Waals surface area contributed by atoms with Gasteiger partial charge in [0.1, 0.15) is 17.2 Å². The number of aliphatic imine (C=N–C) groups is 1. The normalized spacial score (nSPS) is 12.1. The summed E-state index contributed by atoms with van der Waals surface area (Å²) in [5, 5.41) is 0. The van der Waals surface area contributed by atoms with Crippen LogP contribution >= 0.6 is 15.9 Å². The molecule has 0 saturated carbocycles. The van der Waals surface area contributed by atoms with Crippen molar-refractivity contribution in [3.8, 4) is 5.75 Å². The number of hydrogen-bond donors (Lipinski definition) is 0. The molecule has 0 amide bonds. The molecule has 1 aromatic carbocycles. The average molecular weight is 428 g/mol. The number of esters is 1. The van der Waals surface area contributed by atoms with E-state index in [9.17, 15) is 4.79 Å². The Bertz CT molecular complexity index is 666. The van der Waals surface area contributed by atoms with Crippen molar-refractivity contribution < 1.29 is 18.7 Å². The van der Waals surface area contributed by atoms with Gasteiger partial charge < -0.3 is 13.9 Å². The third-order valence-electron chi connectivity index (χ3n) is 2.84. The van der Waals surface area contributed by atoms with Gasteiger partial charge in [0.2, 0.25) is 8.32 Å². The summed E-state index contributed by atoms with van der Waals surface area (Å²) in [6, 6.07) is 5.37. The van der Waals surface area contributed by atoms with E-state index in [4.69, 9.17) is 13.9 Å². The molecule has 7 heteroatoms. The Kier molecular flexibility index (Phi) is 7.43. The summed E-state index contributed by atoms with van der Waals surface area (Å²) in [5.41, 5.74) is -0.563. The van der Waals surface area contributed by atoms with Crippen LogP contribution in [0.1, 0.15) is 20.8 Å². The summed E-state index contributed by atoms with van der Waals surface area (Å²) >= 11 is 3.42. The molecule has 25 heavy (non-hydrogen) atoms. The Balaban J connectivity index is 3.03. The van der Waals surface area contributed by atoms with Crippen molar-refractivity contribution >= 4 is 42.1 Å². The summed E-state index contributed by atoms with van der Waals surface area (Å²) in [5.74, 6) is 0.535. The fourth-order valence-corrected chi connectivity index (χ4v) is 3.05. The second kappa shape index (κ2) is 8.67. The van der Waals surface area contributed by atoms with Crippen molar-refractivity contribution in [3.63, 3.8) is 0 Å². The quantitative estimate of drug-likeness (QED) is 0.246. The number of benzene rings is 1. The predicted octanol–water partition coefficient (Wildman–Crippen LogP) is 5.24. The molecular weight excluding hydrogens is 402 g/mol. The minimum absolute atomic E-state index is 0.296. The van der Waals surface area contributed by atoms with E-state index in [-0.39, 0.29) is 0 Å². The van der Waals surface area contributed by atoms with Crippen LogP contribution < -0.4 is 4.74 Å². The maximum atomic E-state index is 12.0. The maximum absolute atomic E-state index is 12.0. The molecule has 138 valence electrons. The number of allylic oxidation sites excluding steroid dienone is 1. The third kappa shape index (κ3) is 7.44. The van der Waals surface area contributed by atoms with Gasteiger partial charge in [0.15, 0.2) is 5.60 Å². The van der Waals surface area contributed by atoms with Crippen LogP contribution in [0.4, 0.5) is 5.69 Å². The number of carbonyl (C=O) groups is 1. The lowest BCUT2D eigenvalue weighted by atomic mass is 10.1. The lowest BCUT2D eigenvalue weighted by Crippen LogP contribution is -2.39. The van der Waals surface area contributed by atoms with Crippen molar-refractivity contribution in [2.45, 2.75) is 46.0 Å². The number of hydrogen-bond acceptors (Lipinski definition) is 5. The van der Waals surface area contributed by atoms with E-state index in [1.807, 2.05) is 6.07 Å². The van der Waals surface area contributed by atoms with Crippen LogP contribution in [0.25, 0.3) is 0 Å². The van der Waals surface area contributed by atoms with Crippen molar-refractivity contribution in [1.29, 1.82) is 0 Å². The summed E-state index contributed by atoms with van der Waals surface area (Å²) in [6.07, 6.45) is 1.56. The number of halogens is 1. The molecule has 0 bridgehead atoms. The molecule has 0 saturated heterocycles. The highest BCUT2D eigenvalue weighted by Gasteiger charge is 2.32. The van der Waals surface area contributed by atoms with Crippen LogP contribution in [0, 0.1) is 0 Å². The third-order valence-corrected chi connectivity index (χ3v) is 4.21. The fourth-order valence-electron chi connectivity index (χ4n) is 1.86. The Morgan fingerprint density at radius 3 is 2.56 bits per heavy atom. The first-order chi connectivity index (χ1) is 11.4. The van der Waals surface area contributed by atoms with Crippen LogP contribution in [0.5, 0.6) is 5.75 Å². The molecule has 1 aromatic rings. The van der Waals surface area contributed by atoms with Gasteiger partial charge in [-0.3, -0.25) is 0 Å². The Labute approximate surface area is 159 Å². The summed E-state index contributed by atoms with van der Waals surface area (Å²) in [6.45, 7) is 15.5. The second-order valence-corrected chi connectivity index (χ2v) is 12.2. The van der Waals surface area contributed by atoms with Gasteiger partial charge in [-0.25, -0.2) is 9.79 Å². The van der Waals surface area contributed by atoms with E-state index < -0.39 is 19.9 Å². The monoisotopic (exact) mass is 427 g/mol. The van der Waals surface area contributed by atoms with Crippen LogP contribution in [0.15, 0.2) is 40.0 Å². The molecular formula is C18H26BrNO4Si. The maximum Gasteiger partial charge on any atom is 0.349 e. The summed E-state index contributed by atoms with van der Waals surface area (Å²) in [4.78, 5) is 16.5. The number of nitrogens with zero attached hydrogens (tertiary/aromatic N) is 1. The lowest BCUT2D eigenvalue weighted by molar-refractivity contribution is -0.158. The SMILES string of the molecule is C=C(C=Nc1cc(Br)ccc1OC(C)(C)C(=O)OCC)O[Si](C)(C)C. The second-order valence-electron chi connectivity index (χ2n) is 6.88. The molecule has 0 aromatic heterocycles. The van der Waals surface area contributed by atoms with Gasteiger partial charge >= 0.3 is 5.97 Å². The van der Waals surface area contributed by atoms with Gasteiger partial charge in [-0.2, -0.15) is 0 Å². The van der Waals surface area contributed by atoms with Gasteiger partial charge in [-0.05, 0) is 58.6 Å². The zero-order valence-electron chi connectivity index (χ0n) is 15.7. The Hall–Kier alpha value is -1.60. The highest BCUT2D eigenvalue weighted by molar-refractivity contribution is 9.10. The predicted molar refractivity (Wildman–Crippen MR) is 107 cm³/mol. The molecule has 0 spiro atoms. The molecule has 0 atom stereocenters. The van der Waals surface area contributed by atoms with Crippen LogP contribution in [0.3, 0.4) is 0 Å². The molecule has 0 aliphatic carbocycles. The summed E-state index contributed by atoms with van der Waals surface area (Å²) < 4.78 is 17.5. The van der Waals surface area contributed by atoms with E-state index >= 15 is 0 Å². The van der Waals surface area contributed by atoms with E-state index in [1.54, 1.807) is 39.1 Å². The fraction of sp³-hybridized carbons (Fsp3) is 0.444. The lowest BCUT2D eigenvalue weighted by Gasteiger charge is -2.25.